The predicted octanol–water partition coefficient (Wildman–Crippen LogP) is 3.44. The van der Waals surface area contributed by atoms with Crippen molar-refractivity contribution in [2.24, 2.45) is 0 Å². The molecule has 2 aromatic heterocycles. The average Bonchev–Trinajstić information content (AvgIpc) is 2.81. The maximum absolute atomic E-state index is 11.1. The maximum Gasteiger partial charge on any atom is 0.346 e. The summed E-state index contributed by atoms with van der Waals surface area (Å²) in [5.41, 5.74) is 2.37. The second-order valence-corrected chi connectivity index (χ2v) is 5.66. The standard InChI is InChI=1S/C11H11NO3S2/c1-5-4-7(15-12-5)8-6(2)9(10(13)14)17-11(8)16-3/h4H,1-3H3,(H,13,14). The molecule has 17 heavy (non-hydrogen) atoms. The Morgan fingerprint density at radius 3 is 2.71 bits per heavy atom. The third-order valence-electron chi connectivity index (χ3n) is 2.37. The molecule has 90 valence electrons. The van der Waals surface area contributed by atoms with E-state index in [1.807, 2.05) is 19.2 Å². The lowest BCUT2D eigenvalue weighted by molar-refractivity contribution is 0.0701. The minimum atomic E-state index is -0.898. The number of thioether (sulfide) groups is 1. The van der Waals surface area contributed by atoms with E-state index in [1.54, 1.807) is 6.92 Å². The number of hydrogen-bond donors (Lipinski definition) is 1. The number of aromatic carboxylic acids is 1. The van der Waals surface area contributed by atoms with Crippen molar-refractivity contribution < 1.29 is 14.4 Å². The van der Waals surface area contributed by atoms with Crippen LogP contribution in [0.1, 0.15) is 20.9 Å². The van der Waals surface area contributed by atoms with E-state index in [4.69, 9.17) is 9.63 Å². The van der Waals surface area contributed by atoms with Crippen molar-refractivity contribution >= 4 is 29.1 Å². The third-order valence-corrected chi connectivity index (χ3v) is 4.77. The summed E-state index contributed by atoms with van der Waals surface area (Å²) in [4.78, 5) is 11.5. The van der Waals surface area contributed by atoms with Gasteiger partial charge in [-0.2, -0.15) is 0 Å². The van der Waals surface area contributed by atoms with Crippen LogP contribution >= 0.6 is 23.1 Å². The van der Waals surface area contributed by atoms with Crippen molar-refractivity contribution in [3.05, 3.63) is 22.2 Å². The van der Waals surface area contributed by atoms with E-state index >= 15 is 0 Å². The minimum absolute atomic E-state index is 0.360. The molecule has 0 saturated heterocycles. The van der Waals surface area contributed by atoms with Gasteiger partial charge in [0.15, 0.2) is 5.76 Å². The molecule has 0 aromatic carbocycles. The zero-order valence-corrected chi connectivity index (χ0v) is 11.2. The van der Waals surface area contributed by atoms with Crippen molar-refractivity contribution in [2.75, 3.05) is 6.26 Å². The number of nitrogens with zero attached hydrogens (tertiary/aromatic N) is 1. The van der Waals surface area contributed by atoms with Gasteiger partial charge in [-0.05, 0) is 25.7 Å². The van der Waals surface area contributed by atoms with Gasteiger partial charge in [-0.1, -0.05) is 5.16 Å². The SMILES string of the molecule is CSc1sc(C(=O)O)c(C)c1-c1cc(C)no1. The zero-order valence-electron chi connectivity index (χ0n) is 9.60. The Morgan fingerprint density at radius 1 is 1.53 bits per heavy atom. The van der Waals surface area contributed by atoms with Crippen LogP contribution < -0.4 is 0 Å². The number of hydrogen-bond acceptors (Lipinski definition) is 5. The van der Waals surface area contributed by atoms with Crippen LogP contribution in [0, 0.1) is 13.8 Å². The van der Waals surface area contributed by atoms with Gasteiger partial charge in [0.25, 0.3) is 0 Å². The number of carboxylic acid groups (broad SMARTS) is 1. The van der Waals surface area contributed by atoms with E-state index in [0.29, 0.717) is 10.6 Å². The highest BCUT2D eigenvalue weighted by Crippen LogP contribution is 2.41. The third kappa shape index (κ3) is 2.10. The number of carbonyl (C=O) groups is 1. The van der Waals surface area contributed by atoms with E-state index in [2.05, 4.69) is 5.16 Å². The second-order valence-electron chi connectivity index (χ2n) is 3.56. The van der Waals surface area contributed by atoms with Gasteiger partial charge >= 0.3 is 5.97 Å². The van der Waals surface area contributed by atoms with Crippen LogP contribution in [0.5, 0.6) is 0 Å². The predicted molar refractivity (Wildman–Crippen MR) is 68.0 cm³/mol. The summed E-state index contributed by atoms with van der Waals surface area (Å²) in [6, 6.07) is 1.82. The maximum atomic E-state index is 11.1. The largest absolute Gasteiger partial charge is 0.477 e. The first-order valence-electron chi connectivity index (χ1n) is 4.89. The first kappa shape index (κ1) is 12.2. The highest BCUT2D eigenvalue weighted by molar-refractivity contribution is 8.00. The van der Waals surface area contributed by atoms with Crippen molar-refractivity contribution in [3.63, 3.8) is 0 Å². The van der Waals surface area contributed by atoms with Gasteiger partial charge in [-0.15, -0.1) is 23.1 Å². The van der Waals surface area contributed by atoms with Crippen LogP contribution in [-0.4, -0.2) is 22.5 Å². The molecule has 1 N–H and O–H groups in total. The molecule has 0 amide bonds. The van der Waals surface area contributed by atoms with E-state index in [1.165, 1.54) is 23.1 Å². The smallest absolute Gasteiger partial charge is 0.346 e. The summed E-state index contributed by atoms with van der Waals surface area (Å²) < 4.78 is 6.16. The van der Waals surface area contributed by atoms with Gasteiger partial charge < -0.3 is 9.63 Å². The van der Waals surface area contributed by atoms with Crippen molar-refractivity contribution in [2.45, 2.75) is 18.1 Å². The van der Waals surface area contributed by atoms with Gasteiger partial charge in [0, 0.05) is 11.6 Å². The van der Waals surface area contributed by atoms with Gasteiger partial charge in [-0.3, -0.25) is 0 Å². The van der Waals surface area contributed by atoms with Crippen LogP contribution in [0.3, 0.4) is 0 Å². The molecule has 0 bridgehead atoms. The Kier molecular flexibility index (Phi) is 3.26. The molecule has 0 unspecified atom stereocenters. The highest BCUT2D eigenvalue weighted by Gasteiger charge is 2.22. The van der Waals surface area contributed by atoms with Crippen LogP contribution in [0.25, 0.3) is 11.3 Å². The van der Waals surface area contributed by atoms with Crippen molar-refractivity contribution in [1.82, 2.24) is 5.16 Å². The Hall–Kier alpha value is -1.27. The monoisotopic (exact) mass is 269 g/mol. The molecule has 0 spiro atoms. The average molecular weight is 269 g/mol. The van der Waals surface area contributed by atoms with Gasteiger partial charge in [-0.25, -0.2) is 4.79 Å². The summed E-state index contributed by atoms with van der Waals surface area (Å²) >= 11 is 2.79. The molecule has 2 aromatic rings. The Morgan fingerprint density at radius 2 is 2.24 bits per heavy atom. The number of aryl methyl sites for hydroxylation is 1. The van der Waals surface area contributed by atoms with Crippen LogP contribution in [-0.2, 0) is 0 Å². The first-order valence-corrected chi connectivity index (χ1v) is 6.93. The van der Waals surface area contributed by atoms with E-state index < -0.39 is 5.97 Å². The summed E-state index contributed by atoms with van der Waals surface area (Å²) in [6.07, 6.45) is 1.92. The van der Waals surface area contributed by atoms with Crippen LogP contribution in [0.15, 0.2) is 14.8 Å². The fourth-order valence-corrected chi connectivity index (χ4v) is 3.53. The molecule has 0 radical (unpaired) electrons. The molecule has 0 atom stereocenters. The van der Waals surface area contributed by atoms with Gasteiger partial charge in [0.2, 0.25) is 0 Å². The number of thiophene rings is 1. The molecular formula is C11H11NO3S2. The molecule has 0 aliphatic rings. The first-order chi connectivity index (χ1) is 8.04. The highest BCUT2D eigenvalue weighted by atomic mass is 32.2. The molecule has 6 heteroatoms. The molecule has 0 aliphatic carbocycles. The lowest BCUT2D eigenvalue weighted by Crippen LogP contribution is -1.94. The van der Waals surface area contributed by atoms with Crippen molar-refractivity contribution in [3.8, 4) is 11.3 Å². The number of aromatic nitrogens is 1. The molecule has 0 aliphatic heterocycles. The topological polar surface area (TPSA) is 63.3 Å². The molecule has 2 rings (SSSR count). The molecular weight excluding hydrogens is 258 g/mol. The summed E-state index contributed by atoms with van der Waals surface area (Å²) in [7, 11) is 0. The lowest BCUT2D eigenvalue weighted by atomic mass is 10.1. The van der Waals surface area contributed by atoms with Crippen LogP contribution in [0.2, 0.25) is 0 Å². The fourth-order valence-electron chi connectivity index (χ4n) is 1.60. The molecule has 0 fully saturated rings. The summed E-state index contributed by atoms with van der Waals surface area (Å²) in [5, 5.41) is 12.9. The zero-order chi connectivity index (χ0) is 12.6. The van der Waals surface area contributed by atoms with Crippen LogP contribution in [0.4, 0.5) is 0 Å². The quantitative estimate of drug-likeness (QED) is 0.865. The Labute approximate surface area is 107 Å². The summed E-state index contributed by atoms with van der Waals surface area (Å²) in [5.74, 6) is -0.265. The second kappa shape index (κ2) is 4.54. The molecule has 4 nitrogen and oxygen atoms in total. The van der Waals surface area contributed by atoms with Gasteiger partial charge in [0.05, 0.1) is 9.90 Å². The Bertz CT molecular complexity index is 571. The normalized spacial score (nSPS) is 10.8. The summed E-state index contributed by atoms with van der Waals surface area (Å²) in [6.45, 7) is 3.64. The lowest BCUT2D eigenvalue weighted by Gasteiger charge is -1.97. The van der Waals surface area contributed by atoms with E-state index in [0.717, 1.165) is 21.0 Å². The molecule has 2 heterocycles. The number of rotatable bonds is 3. The Balaban J connectivity index is 2.63. The minimum Gasteiger partial charge on any atom is -0.477 e. The molecule has 0 saturated carbocycles. The van der Waals surface area contributed by atoms with Gasteiger partial charge in [0.1, 0.15) is 4.88 Å². The fraction of sp³-hybridized carbons (Fsp3) is 0.273. The van der Waals surface area contributed by atoms with Crippen molar-refractivity contribution in [1.29, 1.82) is 0 Å². The van der Waals surface area contributed by atoms with E-state index in [9.17, 15) is 4.79 Å². The van der Waals surface area contributed by atoms with E-state index in [-0.39, 0.29) is 0 Å². The number of carboxylic acids is 1.